The highest BCUT2D eigenvalue weighted by Gasteiger charge is 2.35. The van der Waals surface area contributed by atoms with Gasteiger partial charge in [0.1, 0.15) is 29.9 Å². The molecule has 1 N–H and O–H groups in total. The first-order valence-corrected chi connectivity index (χ1v) is 8.46. The molecule has 1 atom stereocenters. The van der Waals surface area contributed by atoms with Crippen molar-refractivity contribution in [1.29, 1.82) is 0 Å². The van der Waals surface area contributed by atoms with Crippen LogP contribution < -0.4 is 0 Å². The molecule has 0 saturated heterocycles. The van der Waals surface area contributed by atoms with Crippen molar-refractivity contribution < 1.29 is 18.8 Å². The van der Waals surface area contributed by atoms with Crippen molar-refractivity contribution in [2.45, 2.75) is 18.7 Å². The van der Waals surface area contributed by atoms with Crippen LogP contribution in [0.4, 0.5) is 14.5 Å². The van der Waals surface area contributed by atoms with E-state index < -0.39 is 22.2 Å². The van der Waals surface area contributed by atoms with Crippen molar-refractivity contribution in [1.82, 2.24) is 24.5 Å². The zero-order chi connectivity index (χ0) is 20.6. The zero-order valence-electron chi connectivity index (χ0n) is 14.8. The second-order valence-electron chi connectivity index (χ2n) is 6.55. The molecule has 1 unspecified atom stereocenters. The van der Waals surface area contributed by atoms with E-state index >= 15 is 0 Å². The summed E-state index contributed by atoms with van der Waals surface area (Å²) in [6.45, 7) is -0.388. The summed E-state index contributed by atoms with van der Waals surface area (Å²) in [6, 6.07) is 7.07. The monoisotopic (exact) mass is 400 g/mol. The lowest BCUT2D eigenvalue weighted by Crippen LogP contribution is -2.37. The minimum atomic E-state index is -1.85. The van der Waals surface area contributed by atoms with Crippen molar-refractivity contribution in [2.75, 3.05) is 0 Å². The number of aromatic nitrogens is 5. The third-order valence-corrected chi connectivity index (χ3v) is 4.57. The van der Waals surface area contributed by atoms with E-state index in [1.165, 1.54) is 46.4 Å². The molecule has 0 aliphatic carbocycles. The van der Waals surface area contributed by atoms with Crippen LogP contribution in [0.15, 0.2) is 55.2 Å². The van der Waals surface area contributed by atoms with Crippen molar-refractivity contribution in [3.63, 3.8) is 0 Å². The summed E-state index contributed by atoms with van der Waals surface area (Å²) < 4.78 is 30.6. The first-order valence-electron chi connectivity index (χ1n) is 8.46. The van der Waals surface area contributed by atoms with Gasteiger partial charge in [-0.05, 0) is 12.1 Å². The Morgan fingerprint density at radius 1 is 1.14 bits per heavy atom. The fourth-order valence-electron chi connectivity index (χ4n) is 3.23. The average Bonchev–Trinajstić information content (AvgIpc) is 3.31. The molecule has 9 nitrogen and oxygen atoms in total. The lowest BCUT2D eigenvalue weighted by Gasteiger charge is -2.29. The van der Waals surface area contributed by atoms with Gasteiger partial charge in [-0.1, -0.05) is 6.07 Å². The average molecular weight is 400 g/mol. The predicted molar refractivity (Wildman–Crippen MR) is 96.7 cm³/mol. The van der Waals surface area contributed by atoms with E-state index in [-0.39, 0.29) is 24.3 Å². The molecule has 0 aliphatic rings. The second-order valence-corrected chi connectivity index (χ2v) is 6.55. The van der Waals surface area contributed by atoms with Crippen LogP contribution >= 0.6 is 0 Å². The third-order valence-electron chi connectivity index (χ3n) is 4.57. The molecule has 0 aliphatic heterocycles. The number of hydrogen-bond acceptors (Lipinski definition) is 6. The Morgan fingerprint density at radius 3 is 2.66 bits per heavy atom. The molecule has 0 bridgehead atoms. The number of nitrogens with zero attached hydrogens (tertiary/aromatic N) is 6. The van der Waals surface area contributed by atoms with Gasteiger partial charge in [-0.25, -0.2) is 18.4 Å². The van der Waals surface area contributed by atoms with E-state index in [4.69, 9.17) is 0 Å². The number of nitro benzene ring substituents is 1. The fraction of sp³-hybridized carbons (Fsp3) is 0.167. The number of non-ortho nitro benzene ring substituents is 1. The van der Waals surface area contributed by atoms with Gasteiger partial charge in [0.25, 0.3) is 5.69 Å². The van der Waals surface area contributed by atoms with Crippen LogP contribution in [0.3, 0.4) is 0 Å². The SMILES string of the molecule is O=[N+]([O-])c1ccc2c(cnn2CC(O)(Cn2cncn2)c2ccc(F)cc2F)c1. The molecule has 2 aromatic heterocycles. The standard InChI is InChI=1S/C18H14F2N6O3/c19-13-1-3-15(16(20)6-13)18(27,8-24-11-21-10-23-24)9-25-17-4-2-14(26(28)29)5-12(17)7-22-25/h1-7,10-11,27H,8-9H2. The molecular weight excluding hydrogens is 386 g/mol. The summed E-state index contributed by atoms with van der Waals surface area (Å²) in [5.74, 6) is -1.69. The van der Waals surface area contributed by atoms with Crippen LogP contribution in [0.2, 0.25) is 0 Å². The van der Waals surface area contributed by atoms with E-state index in [9.17, 15) is 24.0 Å². The Morgan fingerprint density at radius 2 is 1.97 bits per heavy atom. The molecule has 2 aromatic carbocycles. The van der Waals surface area contributed by atoms with Gasteiger partial charge in [0.15, 0.2) is 0 Å². The maximum atomic E-state index is 14.5. The number of rotatable bonds is 6. The van der Waals surface area contributed by atoms with Gasteiger partial charge in [0.05, 0.1) is 29.7 Å². The van der Waals surface area contributed by atoms with Gasteiger partial charge in [0.2, 0.25) is 0 Å². The molecule has 0 radical (unpaired) electrons. The molecule has 29 heavy (non-hydrogen) atoms. The number of hydrogen-bond donors (Lipinski definition) is 1. The largest absolute Gasteiger partial charge is 0.381 e. The molecule has 4 rings (SSSR count). The van der Waals surface area contributed by atoms with Crippen LogP contribution in [-0.4, -0.2) is 34.6 Å². The van der Waals surface area contributed by atoms with Crippen molar-refractivity contribution in [3.8, 4) is 0 Å². The predicted octanol–water partition coefficient (Wildman–Crippen LogP) is 2.40. The van der Waals surface area contributed by atoms with Gasteiger partial charge < -0.3 is 5.11 Å². The van der Waals surface area contributed by atoms with Crippen LogP contribution in [0.25, 0.3) is 10.9 Å². The van der Waals surface area contributed by atoms with Gasteiger partial charge in [0, 0.05) is 29.1 Å². The third kappa shape index (κ3) is 3.55. The number of halogens is 2. The van der Waals surface area contributed by atoms with Crippen LogP contribution in [0, 0.1) is 21.7 Å². The first kappa shape index (κ1) is 18.6. The Bertz CT molecular complexity index is 1190. The molecule has 148 valence electrons. The van der Waals surface area contributed by atoms with E-state index in [0.29, 0.717) is 17.0 Å². The van der Waals surface area contributed by atoms with Crippen molar-refractivity contribution in [2.24, 2.45) is 0 Å². The summed E-state index contributed by atoms with van der Waals surface area (Å²) in [5, 5.41) is 30.9. The summed E-state index contributed by atoms with van der Waals surface area (Å²) in [6.07, 6.45) is 4.04. The lowest BCUT2D eigenvalue weighted by molar-refractivity contribution is -0.384. The number of aliphatic hydroxyl groups is 1. The van der Waals surface area contributed by atoms with E-state index in [0.717, 1.165) is 12.1 Å². The van der Waals surface area contributed by atoms with E-state index in [1.54, 1.807) is 0 Å². The quantitative estimate of drug-likeness (QED) is 0.393. The smallest absolute Gasteiger partial charge is 0.270 e. The van der Waals surface area contributed by atoms with Gasteiger partial charge >= 0.3 is 0 Å². The normalized spacial score (nSPS) is 13.5. The van der Waals surface area contributed by atoms with E-state index in [1.807, 2.05) is 0 Å². The maximum Gasteiger partial charge on any atom is 0.270 e. The molecule has 11 heteroatoms. The fourth-order valence-corrected chi connectivity index (χ4v) is 3.23. The van der Waals surface area contributed by atoms with Gasteiger partial charge in [-0.2, -0.15) is 10.2 Å². The van der Waals surface area contributed by atoms with Crippen LogP contribution in [-0.2, 0) is 18.7 Å². The minimum absolute atomic E-state index is 0.0977. The Labute approximate surface area is 162 Å². The Balaban J connectivity index is 1.78. The minimum Gasteiger partial charge on any atom is -0.381 e. The first-order chi connectivity index (χ1) is 13.9. The van der Waals surface area contributed by atoms with Crippen molar-refractivity contribution in [3.05, 3.63) is 82.6 Å². The molecule has 0 fully saturated rings. The van der Waals surface area contributed by atoms with Gasteiger partial charge in [-0.3, -0.25) is 14.8 Å². The summed E-state index contributed by atoms with van der Waals surface area (Å²) in [5.41, 5.74) is -1.58. The molecule has 0 saturated carbocycles. The van der Waals surface area contributed by atoms with Crippen molar-refractivity contribution >= 4 is 16.6 Å². The Hall–Kier alpha value is -3.73. The number of fused-ring (bicyclic) bond motifs is 1. The summed E-state index contributed by atoms with van der Waals surface area (Å²) in [4.78, 5) is 14.2. The maximum absolute atomic E-state index is 14.5. The number of benzene rings is 2. The lowest BCUT2D eigenvalue weighted by atomic mass is 9.92. The van der Waals surface area contributed by atoms with Crippen LogP contribution in [0.1, 0.15) is 5.56 Å². The summed E-state index contributed by atoms with van der Waals surface area (Å²) >= 11 is 0. The number of nitro groups is 1. The highest BCUT2D eigenvalue weighted by Crippen LogP contribution is 2.30. The molecular formula is C18H14F2N6O3. The van der Waals surface area contributed by atoms with E-state index in [2.05, 4.69) is 15.2 Å². The summed E-state index contributed by atoms with van der Waals surface area (Å²) in [7, 11) is 0. The zero-order valence-corrected chi connectivity index (χ0v) is 14.8. The molecule has 0 amide bonds. The molecule has 4 aromatic rings. The topological polar surface area (TPSA) is 112 Å². The van der Waals surface area contributed by atoms with Crippen LogP contribution in [0.5, 0.6) is 0 Å². The molecule has 0 spiro atoms. The second kappa shape index (κ2) is 7.02. The highest BCUT2D eigenvalue weighted by atomic mass is 19.1. The highest BCUT2D eigenvalue weighted by molar-refractivity contribution is 5.81. The molecule has 2 heterocycles. The van der Waals surface area contributed by atoms with Gasteiger partial charge in [-0.15, -0.1) is 0 Å². The Kier molecular flexibility index (Phi) is 4.51.